The molecule has 4 rings (SSSR count). The number of fused-ring (bicyclic) bond motifs is 1. The first-order valence-electron chi connectivity index (χ1n) is 7.48. The van der Waals surface area contributed by atoms with Crippen LogP contribution in [-0.2, 0) is 0 Å². The van der Waals surface area contributed by atoms with Gasteiger partial charge in [0.25, 0.3) is 5.91 Å². The van der Waals surface area contributed by atoms with Gasteiger partial charge in [0.15, 0.2) is 10.8 Å². The topological polar surface area (TPSA) is 71.0 Å². The molecule has 0 bridgehead atoms. The highest BCUT2D eigenvalue weighted by Gasteiger charge is 2.24. The molecule has 3 heterocycles. The molecule has 1 aliphatic heterocycles. The van der Waals surface area contributed by atoms with Gasteiger partial charge in [-0.2, -0.15) is 0 Å². The minimum absolute atomic E-state index is 0.116. The maximum atomic E-state index is 12.1. The lowest BCUT2D eigenvalue weighted by molar-refractivity contribution is 0.0928. The fraction of sp³-hybridized carbons (Fsp3) is 0.333. The van der Waals surface area contributed by atoms with Crippen molar-refractivity contribution in [2.24, 2.45) is 0 Å². The molecular weight excluding hydrogens is 330 g/mol. The summed E-state index contributed by atoms with van der Waals surface area (Å²) in [5.74, 6) is -0.144. The lowest BCUT2D eigenvalue weighted by Gasteiger charge is -2.32. The summed E-state index contributed by atoms with van der Waals surface area (Å²) in [7, 11) is 0. The van der Waals surface area contributed by atoms with E-state index in [1.54, 1.807) is 16.7 Å². The van der Waals surface area contributed by atoms with E-state index in [1.807, 2.05) is 18.2 Å². The highest BCUT2D eigenvalue weighted by atomic mass is 32.1. The van der Waals surface area contributed by atoms with Crippen LogP contribution in [0.5, 0.6) is 0 Å². The average molecular weight is 345 g/mol. The van der Waals surface area contributed by atoms with Crippen molar-refractivity contribution in [2.45, 2.75) is 18.9 Å². The molecule has 0 saturated carbocycles. The molecule has 3 aromatic rings. The third kappa shape index (κ3) is 3.04. The predicted molar refractivity (Wildman–Crippen MR) is 92.2 cm³/mol. The van der Waals surface area contributed by atoms with E-state index in [0.29, 0.717) is 5.69 Å². The van der Waals surface area contributed by atoms with Crippen molar-refractivity contribution < 1.29 is 4.79 Å². The van der Waals surface area contributed by atoms with E-state index in [2.05, 4.69) is 25.9 Å². The first kappa shape index (κ1) is 14.5. The van der Waals surface area contributed by atoms with Crippen molar-refractivity contribution in [1.29, 1.82) is 0 Å². The van der Waals surface area contributed by atoms with E-state index < -0.39 is 0 Å². The first-order valence-corrected chi connectivity index (χ1v) is 9.13. The summed E-state index contributed by atoms with van der Waals surface area (Å²) in [5.41, 5.74) is 1.43. The van der Waals surface area contributed by atoms with Gasteiger partial charge in [0.05, 0.1) is 10.2 Å². The molecule has 0 spiro atoms. The van der Waals surface area contributed by atoms with Crippen LogP contribution in [0.15, 0.2) is 29.6 Å². The Morgan fingerprint density at radius 1 is 1.35 bits per heavy atom. The predicted octanol–water partition coefficient (Wildman–Crippen LogP) is 2.55. The van der Waals surface area contributed by atoms with Crippen LogP contribution in [0.3, 0.4) is 0 Å². The number of benzene rings is 1. The molecule has 1 saturated heterocycles. The molecule has 0 unspecified atom stereocenters. The number of nitrogens with zero attached hydrogens (tertiary/aromatic N) is 4. The molecule has 0 radical (unpaired) electrons. The molecule has 1 amide bonds. The number of carbonyl (C=O) groups excluding carboxylic acids is 1. The Kier molecular flexibility index (Phi) is 3.92. The number of piperidine rings is 1. The quantitative estimate of drug-likeness (QED) is 0.790. The van der Waals surface area contributed by atoms with Gasteiger partial charge in [-0.1, -0.05) is 28.0 Å². The third-order valence-corrected chi connectivity index (χ3v) is 5.50. The molecule has 1 N–H and O–H groups in total. The molecule has 23 heavy (non-hydrogen) atoms. The van der Waals surface area contributed by atoms with Crippen LogP contribution in [0.25, 0.3) is 10.2 Å². The lowest BCUT2D eigenvalue weighted by Crippen LogP contribution is -2.47. The highest BCUT2D eigenvalue weighted by molar-refractivity contribution is 7.22. The van der Waals surface area contributed by atoms with E-state index in [4.69, 9.17) is 4.98 Å². The minimum atomic E-state index is -0.144. The number of rotatable bonds is 3. The van der Waals surface area contributed by atoms with Gasteiger partial charge in [-0.3, -0.25) is 4.79 Å². The van der Waals surface area contributed by atoms with Gasteiger partial charge in [0, 0.05) is 24.5 Å². The van der Waals surface area contributed by atoms with Gasteiger partial charge in [0.2, 0.25) is 0 Å². The first-order chi connectivity index (χ1) is 11.3. The normalized spacial score (nSPS) is 18.3. The van der Waals surface area contributed by atoms with Crippen LogP contribution in [0.1, 0.15) is 23.3 Å². The number of amides is 1. The van der Waals surface area contributed by atoms with E-state index in [9.17, 15) is 4.79 Å². The van der Waals surface area contributed by atoms with Crippen molar-refractivity contribution in [1.82, 2.24) is 19.9 Å². The van der Waals surface area contributed by atoms with Crippen molar-refractivity contribution >= 4 is 44.1 Å². The maximum Gasteiger partial charge on any atom is 0.273 e. The molecule has 0 aliphatic carbocycles. The molecule has 2 aromatic heterocycles. The Bertz CT molecular complexity index is 783. The van der Waals surface area contributed by atoms with E-state index >= 15 is 0 Å². The monoisotopic (exact) mass is 345 g/mol. The third-order valence-electron chi connectivity index (χ3n) is 3.90. The maximum absolute atomic E-state index is 12.1. The van der Waals surface area contributed by atoms with Crippen molar-refractivity contribution in [3.63, 3.8) is 0 Å². The number of aromatic nitrogens is 3. The summed E-state index contributed by atoms with van der Waals surface area (Å²) in [6.45, 7) is 1.76. The van der Waals surface area contributed by atoms with Crippen LogP contribution in [-0.4, -0.2) is 39.6 Å². The Hall–Kier alpha value is -2.06. The van der Waals surface area contributed by atoms with Crippen LogP contribution in [0.4, 0.5) is 5.13 Å². The molecule has 1 aliphatic rings. The second-order valence-corrected chi connectivity index (χ2v) is 7.13. The largest absolute Gasteiger partial charge is 0.346 e. The van der Waals surface area contributed by atoms with E-state index in [1.165, 1.54) is 16.2 Å². The van der Waals surface area contributed by atoms with Crippen LogP contribution >= 0.6 is 22.9 Å². The number of carbonyl (C=O) groups is 1. The van der Waals surface area contributed by atoms with Gasteiger partial charge >= 0.3 is 0 Å². The molecule has 6 nitrogen and oxygen atoms in total. The molecule has 1 fully saturated rings. The summed E-state index contributed by atoms with van der Waals surface area (Å²) >= 11 is 2.89. The summed E-state index contributed by atoms with van der Waals surface area (Å²) < 4.78 is 4.93. The molecule has 118 valence electrons. The van der Waals surface area contributed by atoms with Gasteiger partial charge in [-0.05, 0) is 36.5 Å². The standard InChI is InChI=1S/C15H15N5OS2/c21-14(12-9-22-19-18-12)16-10-4-3-7-20(8-10)15-17-11-5-1-2-6-13(11)23-15/h1-2,5-6,9-10H,3-4,7-8H2,(H,16,21)/t10-/m0/s1. The summed E-state index contributed by atoms with van der Waals surface area (Å²) in [6, 6.07) is 8.28. The zero-order valence-corrected chi connectivity index (χ0v) is 13.9. The minimum Gasteiger partial charge on any atom is -0.346 e. The fourth-order valence-corrected chi connectivity index (χ4v) is 4.22. The van der Waals surface area contributed by atoms with Crippen LogP contribution in [0, 0.1) is 0 Å². The molecule has 1 aromatic carbocycles. The Balaban J connectivity index is 1.47. The molecule has 1 atom stereocenters. The summed E-state index contributed by atoms with van der Waals surface area (Å²) in [5, 5.41) is 9.57. The Morgan fingerprint density at radius 2 is 2.26 bits per heavy atom. The molecular formula is C15H15N5OS2. The second-order valence-electron chi connectivity index (χ2n) is 5.51. The zero-order valence-electron chi connectivity index (χ0n) is 12.3. The SMILES string of the molecule is O=C(N[C@H]1CCCN(c2nc3ccccc3s2)C1)c1csnn1. The molecule has 8 heteroatoms. The number of hydrogen-bond acceptors (Lipinski definition) is 7. The van der Waals surface area contributed by atoms with Crippen LogP contribution in [0.2, 0.25) is 0 Å². The Morgan fingerprint density at radius 3 is 3.09 bits per heavy atom. The van der Waals surface area contributed by atoms with Crippen molar-refractivity contribution in [3.8, 4) is 0 Å². The van der Waals surface area contributed by atoms with Crippen molar-refractivity contribution in [3.05, 3.63) is 35.3 Å². The smallest absolute Gasteiger partial charge is 0.273 e. The summed E-state index contributed by atoms with van der Waals surface area (Å²) in [4.78, 5) is 19.1. The van der Waals surface area contributed by atoms with E-state index in [-0.39, 0.29) is 11.9 Å². The number of anilines is 1. The van der Waals surface area contributed by atoms with Crippen molar-refractivity contribution in [2.75, 3.05) is 18.0 Å². The Labute approximate surface area is 141 Å². The number of nitrogens with one attached hydrogen (secondary N) is 1. The lowest BCUT2D eigenvalue weighted by atomic mass is 10.1. The average Bonchev–Trinajstić information content (AvgIpc) is 3.24. The van der Waals surface area contributed by atoms with Gasteiger partial charge in [0.1, 0.15) is 0 Å². The summed E-state index contributed by atoms with van der Waals surface area (Å²) in [6.07, 6.45) is 2.01. The number of para-hydroxylation sites is 1. The number of thiazole rings is 1. The van der Waals surface area contributed by atoms with Gasteiger partial charge in [-0.25, -0.2) is 4.98 Å². The van der Waals surface area contributed by atoms with Crippen LogP contribution < -0.4 is 10.2 Å². The number of hydrogen-bond donors (Lipinski definition) is 1. The zero-order chi connectivity index (χ0) is 15.6. The van der Waals surface area contributed by atoms with E-state index in [0.717, 1.165) is 36.6 Å². The second kappa shape index (κ2) is 6.21. The fourth-order valence-electron chi connectivity index (χ4n) is 2.79. The van der Waals surface area contributed by atoms with Gasteiger partial charge in [-0.15, -0.1) is 5.10 Å². The highest BCUT2D eigenvalue weighted by Crippen LogP contribution is 2.30. The van der Waals surface area contributed by atoms with Gasteiger partial charge < -0.3 is 10.2 Å².